The van der Waals surface area contributed by atoms with E-state index in [9.17, 15) is 9.59 Å². The predicted octanol–water partition coefficient (Wildman–Crippen LogP) is 3.42. The van der Waals surface area contributed by atoms with Crippen LogP contribution in [0.5, 0.6) is 0 Å². The number of carbonyl (C=O) groups excluding carboxylic acids is 1. The molecule has 0 saturated heterocycles. The fourth-order valence-electron chi connectivity index (χ4n) is 2.82. The number of benzene rings is 1. The average molecular weight is 417 g/mol. The van der Waals surface area contributed by atoms with Gasteiger partial charge in [-0.3, -0.25) is 14.0 Å². The van der Waals surface area contributed by atoms with E-state index < -0.39 is 0 Å². The van der Waals surface area contributed by atoms with E-state index in [2.05, 4.69) is 26.3 Å². The number of hydrogen-bond acceptors (Lipinski definition) is 4. The standard InChI is InChI=1S/C17H13BrN4O2S/c1-10-20-21(9-16(23)19-12-5-3-2-4-11(12)18)17(24)14-8-15-13(22(10)14)6-7-25-15/h2-8H,9H2,1H3,(H,19,23). The molecule has 0 unspecified atom stereocenters. The number of carbonyl (C=O) groups is 1. The molecule has 3 aromatic heterocycles. The molecule has 0 fully saturated rings. The molecule has 4 aromatic rings. The van der Waals surface area contributed by atoms with E-state index in [1.54, 1.807) is 17.4 Å². The molecule has 3 heterocycles. The number of amides is 1. The molecule has 6 nitrogen and oxygen atoms in total. The number of nitrogens with one attached hydrogen (secondary N) is 1. The summed E-state index contributed by atoms with van der Waals surface area (Å²) in [4.78, 5) is 25.0. The summed E-state index contributed by atoms with van der Waals surface area (Å²) in [7, 11) is 0. The van der Waals surface area contributed by atoms with Gasteiger partial charge in [-0.2, -0.15) is 5.10 Å². The molecular formula is C17H13BrN4O2S. The molecule has 0 atom stereocenters. The molecule has 0 aliphatic heterocycles. The minimum Gasteiger partial charge on any atom is -0.323 e. The van der Waals surface area contributed by atoms with Crippen LogP contribution in [-0.2, 0) is 11.3 Å². The van der Waals surface area contributed by atoms with Crippen molar-refractivity contribution in [1.29, 1.82) is 0 Å². The third kappa shape index (κ3) is 2.77. The Morgan fingerprint density at radius 2 is 2.08 bits per heavy atom. The zero-order valence-electron chi connectivity index (χ0n) is 13.2. The summed E-state index contributed by atoms with van der Waals surface area (Å²) in [5.74, 6) is 0.357. The molecule has 25 heavy (non-hydrogen) atoms. The Bertz CT molecular complexity index is 1170. The van der Waals surface area contributed by atoms with Crippen molar-refractivity contribution < 1.29 is 4.79 Å². The highest BCUT2D eigenvalue weighted by Gasteiger charge is 2.15. The molecule has 0 saturated carbocycles. The molecule has 126 valence electrons. The van der Waals surface area contributed by atoms with Gasteiger partial charge in [0.25, 0.3) is 5.56 Å². The molecule has 0 radical (unpaired) electrons. The van der Waals surface area contributed by atoms with Crippen molar-refractivity contribution in [3.63, 3.8) is 0 Å². The van der Waals surface area contributed by atoms with Crippen LogP contribution in [0.1, 0.15) is 5.82 Å². The minimum absolute atomic E-state index is 0.143. The van der Waals surface area contributed by atoms with Gasteiger partial charge in [0, 0.05) is 4.47 Å². The van der Waals surface area contributed by atoms with Crippen LogP contribution in [0.4, 0.5) is 5.69 Å². The lowest BCUT2D eigenvalue weighted by Gasteiger charge is -2.10. The molecule has 0 bridgehead atoms. The quantitative estimate of drug-likeness (QED) is 0.556. The number of rotatable bonds is 3. The number of nitrogens with zero attached hydrogens (tertiary/aromatic N) is 3. The average Bonchev–Trinajstić information content (AvgIpc) is 3.15. The predicted molar refractivity (Wildman–Crippen MR) is 102 cm³/mol. The second kappa shape index (κ2) is 6.12. The van der Waals surface area contributed by atoms with E-state index in [-0.39, 0.29) is 18.0 Å². The largest absolute Gasteiger partial charge is 0.323 e. The van der Waals surface area contributed by atoms with E-state index in [1.807, 2.05) is 47.0 Å². The molecule has 1 N–H and O–H groups in total. The summed E-state index contributed by atoms with van der Waals surface area (Å²) < 4.78 is 4.84. The van der Waals surface area contributed by atoms with E-state index in [1.165, 1.54) is 4.68 Å². The van der Waals surface area contributed by atoms with Crippen LogP contribution in [0, 0.1) is 6.92 Å². The Kier molecular flexibility index (Phi) is 3.93. The van der Waals surface area contributed by atoms with Gasteiger partial charge in [0.1, 0.15) is 17.9 Å². The first-order valence-electron chi connectivity index (χ1n) is 7.55. The highest BCUT2D eigenvalue weighted by atomic mass is 79.9. The van der Waals surface area contributed by atoms with E-state index in [0.29, 0.717) is 17.0 Å². The Morgan fingerprint density at radius 1 is 1.28 bits per heavy atom. The van der Waals surface area contributed by atoms with Gasteiger partial charge in [0.15, 0.2) is 0 Å². The number of halogens is 1. The van der Waals surface area contributed by atoms with Crippen LogP contribution < -0.4 is 10.9 Å². The van der Waals surface area contributed by atoms with E-state index in [4.69, 9.17) is 0 Å². The molecule has 0 aliphatic carbocycles. The SMILES string of the molecule is Cc1nn(CC(=O)Nc2ccccc2Br)c(=O)c2cc3sccc3n12. The van der Waals surface area contributed by atoms with Crippen LogP contribution in [-0.4, -0.2) is 20.1 Å². The summed E-state index contributed by atoms with van der Waals surface area (Å²) in [6.45, 7) is 1.68. The topological polar surface area (TPSA) is 68.4 Å². The minimum atomic E-state index is -0.307. The fraction of sp³-hybridized carbons (Fsp3) is 0.118. The fourth-order valence-corrected chi connectivity index (χ4v) is 4.01. The Morgan fingerprint density at radius 3 is 2.88 bits per heavy atom. The number of aromatic nitrogens is 3. The number of hydrogen-bond donors (Lipinski definition) is 1. The summed E-state index contributed by atoms with van der Waals surface area (Å²) in [6, 6.07) is 11.1. The zero-order chi connectivity index (χ0) is 17.6. The van der Waals surface area contributed by atoms with Crippen molar-refractivity contribution in [3.8, 4) is 0 Å². The van der Waals surface area contributed by atoms with Crippen molar-refractivity contribution in [3.05, 3.63) is 62.4 Å². The normalized spacial score (nSPS) is 11.3. The lowest BCUT2D eigenvalue weighted by Crippen LogP contribution is -2.31. The van der Waals surface area contributed by atoms with Crippen LogP contribution in [0.25, 0.3) is 15.7 Å². The molecule has 8 heteroatoms. The summed E-state index contributed by atoms with van der Waals surface area (Å²) >= 11 is 4.96. The molecule has 1 amide bonds. The van der Waals surface area contributed by atoms with Crippen molar-refractivity contribution in [2.45, 2.75) is 13.5 Å². The summed E-state index contributed by atoms with van der Waals surface area (Å²) in [5, 5.41) is 9.07. The summed E-state index contributed by atoms with van der Waals surface area (Å²) in [6.07, 6.45) is 0. The maximum absolute atomic E-state index is 12.7. The number of anilines is 1. The molecule has 0 spiro atoms. The number of aryl methyl sites for hydroxylation is 1. The van der Waals surface area contributed by atoms with Gasteiger partial charge in [0.05, 0.1) is 15.9 Å². The van der Waals surface area contributed by atoms with Gasteiger partial charge in [-0.25, -0.2) is 4.68 Å². The van der Waals surface area contributed by atoms with Gasteiger partial charge in [-0.05, 0) is 52.5 Å². The van der Waals surface area contributed by atoms with Crippen LogP contribution in [0.3, 0.4) is 0 Å². The maximum atomic E-state index is 12.7. The van der Waals surface area contributed by atoms with E-state index in [0.717, 1.165) is 14.7 Å². The first-order chi connectivity index (χ1) is 12.0. The third-order valence-electron chi connectivity index (χ3n) is 3.91. The van der Waals surface area contributed by atoms with Gasteiger partial charge >= 0.3 is 0 Å². The first kappa shape index (κ1) is 16.0. The van der Waals surface area contributed by atoms with Crippen LogP contribution >= 0.6 is 27.3 Å². The molecule has 1 aromatic carbocycles. The molecular weight excluding hydrogens is 404 g/mol. The highest BCUT2D eigenvalue weighted by molar-refractivity contribution is 9.10. The van der Waals surface area contributed by atoms with Crippen LogP contribution in [0.15, 0.2) is 51.0 Å². The van der Waals surface area contributed by atoms with Crippen LogP contribution in [0.2, 0.25) is 0 Å². The third-order valence-corrected chi connectivity index (χ3v) is 5.45. The van der Waals surface area contributed by atoms with Crippen molar-refractivity contribution in [2.75, 3.05) is 5.32 Å². The first-order valence-corrected chi connectivity index (χ1v) is 9.22. The molecule has 4 rings (SSSR count). The smallest absolute Gasteiger partial charge is 0.291 e. The van der Waals surface area contributed by atoms with Crippen molar-refractivity contribution in [2.24, 2.45) is 0 Å². The Balaban J connectivity index is 1.70. The number of thiophene rings is 1. The Hall–Kier alpha value is -2.45. The zero-order valence-corrected chi connectivity index (χ0v) is 15.6. The second-order valence-electron chi connectivity index (χ2n) is 5.57. The van der Waals surface area contributed by atoms with Gasteiger partial charge < -0.3 is 5.32 Å². The monoisotopic (exact) mass is 416 g/mol. The summed E-state index contributed by atoms with van der Waals surface area (Å²) in [5.41, 5.74) is 1.87. The Labute approximate surface area is 154 Å². The highest BCUT2D eigenvalue weighted by Crippen LogP contribution is 2.24. The lowest BCUT2D eigenvalue weighted by atomic mass is 10.3. The van der Waals surface area contributed by atoms with Gasteiger partial charge in [0.2, 0.25) is 5.91 Å². The molecule has 0 aliphatic rings. The lowest BCUT2D eigenvalue weighted by molar-refractivity contribution is -0.117. The second-order valence-corrected chi connectivity index (χ2v) is 7.38. The number of para-hydroxylation sites is 1. The van der Waals surface area contributed by atoms with E-state index >= 15 is 0 Å². The van der Waals surface area contributed by atoms with Gasteiger partial charge in [-0.1, -0.05) is 12.1 Å². The number of fused-ring (bicyclic) bond motifs is 3. The van der Waals surface area contributed by atoms with Crippen molar-refractivity contribution >= 4 is 54.6 Å². The van der Waals surface area contributed by atoms with Gasteiger partial charge in [-0.15, -0.1) is 11.3 Å². The maximum Gasteiger partial charge on any atom is 0.291 e. The van der Waals surface area contributed by atoms with Crippen molar-refractivity contribution in [1.82, 2.24) is 14.2 Å².